The maximum absolute atomic E-state index is 11.6. The van der Waals surface area contributed by atoms with Gasteiger partial charge in [-0.3, -0.25) is 4.79 Å². The minimum atomic E-state index is -1.97. The van der Waals surface area contributed by atoms with Gasteiger partial charge in [0, 0.05) is 13.1 Å². The lowest BCUT2D eigenvalue weighted by Crippen LogP contribution is -2.51. The van der Waals surface area contributed by atoms with Crippen molar-refractivity contribution in [2.24, 2.45) is 0 Å². The lowest BCUT2D eigenvalue weighted by molar-refractivity contribution is -0.148. The highest BCUT2D eigenvalue weighted by molar-refractivity contribution is 5.81. The summed E-state index contributed by atoms with van der Waals surface area (Å²) in [5, 5.41) is 51.1. The predicted octanol–water partition coefficient (Wildman–Crippen LogP) is -2.55. The van der Waals surface area contributed by atoms with Crippen molar-refractivity contribution in [1.29, 1.82) is 0 Å². The minimum absolute atomic E-state index is 0.0943. The summed E-state index contributed by atoms with van der Waals surface area (Å²) in [6, 6.07) is 0. The lowest BCUT2D eigenvalue weighted by Gasteiger charge is -2.25. The van der Waals surface area contributed by atoms with Gasteiger partial charge in [-0.05, 0) is 27.2 Å². The van der Waals surface area contributed by atoms with E-state index in [9.17, 15) is 24.9 Å². The summed E-state index contributed by atoms with van der Waals surface area (Å²) in [7, 11) is 0. The first kappa shape index (κ1) is 22.5. The molecule has 0 aromatic rings. The molecule has 2 amide bonds. The number of rotatable bonds is 9. The molecule has 0 aliphatic heterocycles. The molecule has 0 rings (SSSR count). The number of amides is 2. The smallest absolute Gasteiger partial charge is 0.407 e. The molecule has 10 nitrogen and oxygen atoms in total. The van der Waals surface area contributed by atoms with Crippen LogP contribution in [0.4, 0.5) is 4.79 Å². The van der Waals surface area contributed by atoms with Gasteiger partial charge in [0.05, 0.1) is 6.61 Å². The maximum atomic E-state index is 11.6. The maximum Gasteiger partial charge on any atom is 0.407 e. The van der Waals surface area contributed by atoms with Crippen molar-refractivity contribution < 1.29 is 39.9 Å². The fourth-order valence-electron chi connectivity index (χ4n) is 1.59. The Bertz CT molecular complexity index is 399. The van der Waals surface area contributed by atoms with E-state index in [1.807, 2.05) is 0 Å². The Morgan fingerprint density at radius 3 is 2.04 bits per heavy atom. The fourth-order valence-corrected chi connectivity index (χ4v) is 1.59. The van der Waals surface area contributed by atoms with Crippen molar-refractivity contribution in [1.82, 2.24) is 10.6 Å². The molecule has 0 unspecified atom stereocenters. The summed E-state index contributed by atoms with van der Waals surface area (Å²) in [5.41, 5.74) is -0.613. The number of carbonyl (C=O) groups excluding carboxylic acids is 2. The molecule has 0 bridgehead atoms. The lowest BCUT2D eigenvalue weighted by atomic mass is 10.0. The van der Waals surface area contributed by atoms with Crippen LogP contribution in [-0.4, -0.2) is 87.2 Å². The third kappa shape index (κ3) is 8.99. The van der Waals surface area contributed by atoms with Crippen LogP contribution < -0.4 is 10.6 Å². The van der Waals surface area contributed by atoms with Gasteiger partial charge >= 0.3 is 6.09 Å². The summed E-state index contributed by atoms with van der Waals surface area (Å²) in [5.74, 6) is -0.955. The Hall–Kier alpha value is -1.46. The summed E-state index contributed by atoms with van der Waals surface area (Å²) in [6.45, 7) is 4.66. The second-order valence-electron chi connectivity index (χ2n) is 6.25. The average molecular weight is 352 g/mol. The van der Waals surface area contributed by atoms with E-state index >= 15 is 0 Å². The van der Waals surface area contributed by atoms with Gasteiger partial charge in [-0.1, -0.05) is 0 Å². The molecule has 0 saturated heterocycles. The van der Waals surface area contributed by atoms with Gasteiger partial charge in [-0.2, -0.15) is 0 Å². The van der Waals surface area contributed by atoms with Gasteiger partial charge in [0.2, 0.25) is 0 Å². The largest absolute Gasteiger partial charge is 0.444 e. The molecule has 0 aliphatic rings. The molecule has 10 heteroatoms. The number of alkyl carbamates (subject to hydrolysis) is 1. The van der Waals surface area contributed by atoms with E-state index in [1.54, 1.807) is 20.8 Å². The van der Waals surface area contributed by atoms with Gasteiger partial charge in [0.15, 0.2) is 6.10 Å². The van der Waals surface area contributed by atoms with Crippen molar-refractivity contribution >= 4 is 12.0 Å². The van der Waals surface area contributed by atoms with E-state index in [-0.39, 0.29) is 13.1 Å². The normalized spacial score (nSPS) is 16.7. The summed E-state index contributed by atoms with van der Waals surface area (Å²) in [4.78, 5) is 23.0. The second-order valence-corrected chi connectivity index (χ2v) is 6.25. The zero-order chi connectivity index (χ0) is 18.9. The number of aliphatic hydroxyl groups is 5. The van der Waals surface area contributed by atoms with Gasteiger partial charge in [-0.15, -0.1) is 0 Å². The molecule has 0 saturated carbocycles. The van der Waals surface area contributed by atoms with E-state index in [0.717, 1.165) is 0 Å². The van der Waals surface area contributed by atoms with Crippen molar-refractivity contribution in [3.63, 3.8) is 0 Å². The molecule has 142 valence electrons. The van der Waals surface area contributed by atoms with Crippen LogP contribution in [0.5, 0.6) is 0 Å². The Morgan fingerprint density at radius 2 is 1.54 bits per heavy atom. The van der Waals surface area contributed by atoms with Crippen molar-refractivity contribution in [2.45, 2.75) is 57.2 Å². The van der Waals surface area contributed by atoms with Crippen LogP contribution in [0.15, 0.2) is 0 Å². The number of aliphatic hydroxyl groups excluding tert-OH is 5. The Balaban J connectivity index is 4.03. The second kappa shape index (κ2) is 10.4. The molecule has 0 aromatic carbocycles. The molecule has 0 aromatic heterocycles. The fraction of sp³-hybridized carbons (Fsp3) is 0.857. The Kier molecular flexibility index (Phi) is 9.78. The standard InChI is InChI=1S/C14H28N2O8/c1-14(2,3)24-13(23)16-6-4-5-15-12(22)11(21)10(20)9(19)8(18)7-17/h8-11,17-21H,4-7H2,1-3H3,(H,15,22)(H,16,23)/t8-,9-,10+,11-/m1/s1. The SMILES string of the molecule is CC(C)(C)OC(=O)NCCCNC(=O)[C@H](O)[C@@H](O)[C@H](O)[C@H](O)CO. The number of ether oxygens (including phenoxy) is 1. The van der Waals surface area contributed by atoms with Crippen molar-refractivity contribution in [2.75, 3.05) is 19.7 Å². The first-order valence-electron chi connectivity index (χ1n) is 7.57. The average Bonchev–Trinajstić information content (AvgIpc) is 2.49. The number of nitrogens with one attached hydrogen (secondary N) is 2. The van der Waals surface area contributed by atoms with E-state index in [4.69, 9.17) is 14.9 Å². The molecular formula is C14H28N2O8. The van der Waals surface area contributed by atoms with Crippen molar-refractivity contribution in [3.8, 4) is 0 Å². The molecule has 0 radical (unpaired) electrons. The van der Waals surface area contributed by atoms with Gasteiger partial charge in [-0.25, -0.2) is 4.79 Å². The molecule has 0 aliphatic carbocycles. The molecule has 7 N–H and O–H groups in total. The predicted molar refractivity (Wildman–Crippen MR) is 83.0 cm³/mol. The Morgan fingerprint density at radius 1 is 1.00 bits per heavy atom. The number of hydrogen-bond donors (Lipinski definition) is 7. The first-order valence-corrected chi connectivity index (χ1v) is 7.57. The molecule has 4 atom stereocenters. The van der Waals surface area contributed by atoms with Crippen LogP contribution in [0.3, 0.4) is 0 Å². The van der Waals surface area contributed by atoms with Crippen LogP contribution in [0.1, 0.15) is 27.2 Å². The minimum Gasteiger partial charge on any atom is -0.444 e. The highest BCUT2D eigenvalue weighted by Crippen LogP contribution is 2.06. The van der Waals surface area contributed by atoms with Gasteiger partial charge in [0.1, 0.15) is 23.9 Å². The monoisotopic (exact) mass is 352 g/mol. The Labute approximate surface area is 140 Å². The molecule has 24 heavy (non-hydrogen) atoms. The molecular weight excluding hydrogens is 324 g/mol. The molecule has 0 spiro atoms. The van der Waals surface area contributed by atoms with E-state index in [0.29, 0.717) is 6.42 Å². The summed E-state index contributed by atoms with van der Waals surface area (Å²) >= 11 is 0. The van der Waals surface area contributed by atoms with Crippen LogP contribution in [0, 0.1) is 0 Å². The molecule has 0 fully saturated rings. The van der Waals surface area contributed by atoms with Crippen LogP contribution in [0.2, 0.25) is 0 Å². The van der Waals surface area contributed by atoms with E-state index in [1.165, 1.54) is 0 Å². The van der Waals surface area contributed by atoms with Crippen LogP contribution >= 0.6 is 0 Å². The highest BCUT2D eigenvalue weighted by Gasteiger charge is 2.33. The summed E-state index contributed by atoms with van der Waals surface area (Å²) < 4.78 is 5.01. The van der Waals surface area contributed by atoms with Crippen molar-refractivity contribution in [3.05, 3.63) is 0 Å². The number of carbonyl (C=O) groups is 2. The molecule has 0 heterocycles. The third-order valence-corrected chi connectivity index (χ3v) is 2.84. The van der Waals surface area contributed by atoms with Crippen LogP contribution in [0.25, 0.3) is 0 Å². The quantitative estimate of drug-likeness (QED) is 0.223. The highest BCUT2D eigenvalue weighted by atomic mass is 16.6. The number of hydrogen-bond acceptors (Lipinski definition) is 8. The van der Waals surface area contributed by atoms with Crippen LogP contribution in [-0.2, 0) is 9.53 Å². The third-order valence-electron chi connectivity index (χ3n) is 2.84. The van der Waals surface area contributed by atoms with Gasteiger partial charge in [0.25, 0.3) is 5.91 Å². The topological polar surface area (TPSA) is 169 Å². The zero-order valence-corrected chi connectivity index (χ0v) is 14.1. The summed E-state index contributed by atoms with van der Waals surface area (Å²) in [6.07, 6.45) is -7.72. The van der Waals surface area contributed by atoms with Gasteiger partial charge < -0.3 is 40.9 Å². The van der Waals surface area contributed by atoms with E-state index in [2.05, 4.69) is 10.6 Å². The van der Waals surface area contributed by atoms with E-state index < -0.39 is 48.6 Å². The first-order chi connectivity index (χ1) is 11.0. The zero-order valence-electron chi connectivity index (χ0n) is 14.1.